The summed E-state index contributed by atoms with van der Waals surface area (Å²) in [6.45, 7) is -0.589. The predicted molar refractivity (Wildman–Crippen MR) is 24.7 cm³/mol. The summed E-state index contributed by atoms with van der Waals surface area (Å²) in [5.74, 6) is 0. The van der Waals surface area contributed by atoms with Gasteiger partial charge >= 0.3 is 0 Å². The zero-order valence-electron chi connectivity index (χ0n) is 4.15. The van der Waals surface area contributed by atoms with E-state index in [1.165, 1.54) is 6.07 Å². The molecule has 4 nitrogen and oxygen atoms in total. The smallest absolute Gasteiger partial charge is 0.168 e. The summed E-state index contributed by atoms with van der Waals surface area (Å²) in [5.41, 5.74) is 0. The zero-order chi connectivity index (χ0) is 6.57. The Kier molecular flexibility index (Phi) is 3.12. The first-order chi connectivity index (χ1) is 3.72. The Hall–Kier alpha value is -0.630. The Morgan fingerprint density at radius 1 is 1.50 bits per heavy atom. The third-order valence-electron chi connectivity index (χ3n) is 0.684. The number of rotatable bonds is 2. The summed E-state index contributed by atoms with van der Waals surface area (Å²) in [5, 5.41) is 32.7. The van der Waals surface area contributed by atoms with Crippen LogP contribution in [-0.4, -0.2) is 34.1 Å². The van der Waals surface area contributed by atoms with E-state index in [0.29, 0.717) is 0 Å². The Bertz CT molecular complexity index is 97.9. The van der Waals surface area contributed by atoms with Gasteiger partial charge in [-0.3, -0.25) is 0 Å². The lowest BCUT2D eigenvalue weighted by Gasteiger charge is -2.05. The predicted octanol–water partition coefficient (Wildman–Crippen LogP) is -1.78. The highest BCUT2D eigenvalue weighted by atomic mass is 16.4. The average molecular weight is 117 g/mol. The van der Waals surface area contributed by atoms with E-state index in [9.17, 15) is 0 Å². The molecule has 8 heavy (non-hydrogen) atoms. The standard InChI is InChI=1S/C4H7NO3/c5-1-3(7)4(8)2-6/h3-4,6-8H,2H2. The number of nitrogens with zero attached hydrogens (tertiary/aromatic N) is 1. The molecular weight excluding hydrogens is 110 g/mol. The molecule has 0 spiro atoms. The van der Waals surface area contributed by atoms with Crippen molar-refractivity contribution < 1.29 is 15.3 Å². The molecule has 0 aromatic heterocycles. The lowest BCUT2D eigenvalue weighted by molar-refractivity contribution is 0.0130. The van der Waals surface area contributed by atoms with Crippen molar-refractivity contribution >= 4 is 0 Å². The van der Waals surface area contributed by atoms with Crippen LogP contribution in [0.25, 0.3) is 0 Å². The van der Waals surface area contributed by atoms with Crippen molar-refractivity contribution in [2.75, 3.05) is 6.61 Å². The van der Waals surface area contributed by atoms with Crippen molar-refractivity contribution in [3.8, 4) is 6.07 Å². The van der Waals surface area contributed by atoms with Gasteiger partial charge in [0, 0.05) is 0 Å². The maximum absolute atomic E-state index is 8.40. The maximum Gasteiger partial charge on any atom is 0.168 e. The van der Waals surface area contributed by atoms with Gasteiger partial charge in [-0.1, -0.05) is 0 Å². The van der Waals surface area contributed by atoms with Crippen molar-refractivity contribution in [2.45, 2.75) is 12.2 Å². The van der Waals surface area contributed by atoms with E-state index in [1.54, 1.807) is 0 Å². The molecule has 0 saturated heterocycles. The van der Waals surface area contributed by atoms with Gasteiger partial charge in [-0.2, -0.15) is 5.26 Å². The van der Waals surface area contributed by atoms with Gasteiger partial charge in [-0.25, -0.2) is 0 Å². The van der Waals surface area contributed by atoms with Gasteiger partial charge in [0.1, 0.15) is 6.10 Å². The molecule has 0 fully saturated rings. The average Bonchev–Trinajstić information content (AvgIpc) is 1.84. The van der Waals surface area contributed by atoms with E-state index < -0.39 is 18.8 Å². The quantitative estimate of drug-likeness (QED) is 0.373. The third-order valence-corrected chi connectivity index (χ3v) is 0.684. The minimum atomic E-state index is -1.47. The molecule has 46 valence electrons. The second-order valence-electron chi connectivity index (χ2n) is 1.32. The van der Waals surface area contributed by atoms with Gasteiger partial charge in [0.25, 0.3) is 0 Å². The number of aliphatic hydroxyl groups excluding tert-OH is 3. The molecule has 2 atom stereocenters. The van der Waals surface area contributed by atoms with Crippen LogP contribution in [0.5, 0.6) is 0 Å². The van der Waals surface area contributed by atoms with E-state index in [-0.39, 0.29) is 0 Å². The number of hydrogen-bond donors (Lipinski definition) is 3. The largest absolute Gasteiger partial charge is 0.394 e. The molecule has 0 aromatic rings. The van der Waals surface area contributed by atoms with E-state index in [2.05, 4.69) is 0 Å². The normalized spacial score (nSPS) is 16.8. The summed E-state index contributed by atoms with van der Waals surface area (Å²) in [6.07, 6.45) is -2.81. The van der Waals surface area contributed by atoms with Crippen LogP contribution < -0.4 is 0 Å². The van der Waals surface area contributed by atoms with Gasteiger partial charge in [0.05, 0.1) is 12.7 Å². The highest BCUT2D eigenvalue weighted by Crippen LogP contribution is 1.87. The molecule has 0 aliphatic heterocycles. The van der Waals surface area contributed by atoms with E-state index >= 15 is 0 Å². The van der Waals surface area contributed by atoms with Crippen molar-refractivity contribution in [2.24, 2.45) is 0 Å². The molecule has 2 unspecified atom stereocenters. The van der Waals surface area contributed by atoms with Gasteiger partial charge < -0.3 is 15.3 Å². The molecule has 0 aromatic carbocycles. The molecule has 0 aliphatic carbocycles. The Labute approximate surface area is 46.6 Å². The molecule has 0 saturated carbocycles. The first-order valence-corrected chi connectivity index (χ1v) is 2.09. The molecular formula is C4H7NO3. The van der Waals surface area contributed by atoms with Crippen molar-refractivity contribution in [1.82, 2.24) is 0 Å². The Morgan fingerprint density at radius 2 is 2.00 bits per heavy atom. The molecule has 0 bridgehead atoms. The van der Waals surface area contributed by atoms with Gasteiger partial charge in [0.2, 0.25) is 0 Å². The molecule has 0 radical (unpaired) electrons. The van der Waals surface area contributed by atoms with Crippen LogP contribution >= 0.6 is 0 Å². The summed E-state index contributed by atoms with van der Waals surface area (Å²) in [6, 6.07) is 1.36. The molecule has 0 aliphatic rings. The Balaban J connectivity index is 3.49. The lowest BCUT2D eigenvalue weighted by Crippen LogP contribution is -2.27. The highest BCUT2D eigenvalue weighted by Gasteiger charge is 2.12. The fourth-order valence-electron chi connectivity index (χ4n) is 0.186. The van der Waals surface area contributed by atoms with Crippen LogP contribution in [0.1, 0.15) is 0 Å². The number of aliphatic hydroxyl groups is 3. The highest BCUT2D eigenvalue weighted by molar-refractivity contribution is 4.87. The van der Waals surface area contributed by atoms with E-state index in [4.69, 9.17) is 20.6 Å². The topological polar surface area (TPSA) is 84.5 Å². The SMILES string of the molecule is N#CC(O)C(O)CO. The second-order valence-corrected chi connectivity index (χ2v) is 1.32. The van der Waals surface area contributed by atoms with Crippen molar-refractivity contribution in [1.29, 1.82) is 5.26 Å². The van der Waals surface area contributed by atoms with Crippen molar-refractivity contribution in [3.05, 3.63) is 0 Å². The lowest BCUT2D eigenvalue weighted by atomic mass is 10.2. The van der Waals surface area contributed by atoms with Crippen LogP contribution in [0.15, 0.2) is 0 Å². The van der Waals surface area contributed by atoms with Crippen LogP contribution in [0.4, 0.5) is 0 Å². The van der Waals surface area contributed by atoms with Gasteiger partial charge in [-0.15, -0.1) is 0 Å². The summed E-state index contributed by atoms with van der Waals surface area (Å²) >= 11 is 0. The maximum atomic E-state index is 8.40. The van der Waals surface area contributed by atoms with Crippen LogP contribution in [-0.2, 0) is 0 Å². The number of hydrogen-bond acceptors (Lipinski definition) is 4. The third kappa shape index (κ3) is 1.89. The van der Waals surface area contributed by atoms with Crippen LogP contribution in [0.3, 0.4) is 0 Å². The van der Waals surface area contributed by atoms with Gasteiger partial charge in [0.15, 0.2) is 6.10 Å². The minimum absolute atomic E-state index is 0.589. The molecule has 3 N–H and O–H groups in total. The molecule has 4 heteroatoms. The zero-order valence-corrected chi connectivity index (χ0v) is 4.15. The second kappa shape index (κ2) is 3.38. The summed E-state index contributed by atoms with van der Waals surface area (Å²) in [4.78, 5) is 0. The molecule has 0 amide bonds. The fourth-order valence-corrected chi connectivity index (χ4v) is 0.186. The van der Waals surface area contributed by atoms with Gasteiger partial charge in [-0.05, 0) is 0 Å². The fraction of sp³-hybridized carbons (Fsp3) is 0.750. The minimum Gasteiger partial charge on any atom is -0.394 e. The van der Waals surface area contributed by atoms with Crippen LogP contribution in [0.2, 0.25) is 0 Å². The Morgan fingerprint density at radius 3 is 2.12 bits per heavy atom. The summed E-state index contributed by atoms with van der Waals surface area (Å²) in [7, 11) is 0. The summed E-state index contributed by atoms with van der Waals surface area (Å²) < 4.78 is 0. The van der Waals surface area contributed by atoms with Crippen LogP contribution in [0, 0.1) is 11.3 Å². The van der Waals surface area contributed by atoms with E-state index in [1.807, 2.05) is 0 Å². The molecule has 0 rings (SSSR count). The van der Waals surface area contributed by atoms with E-state index in [0.717, 1.165) is 0 Å². The first kappa shape index (κ1) is 7.37. The first-order valence-electron chi connectivity index (χ1n) is 2.09. The molecule has 0 heterocycles. The van der Waals surface area contributed by atoms with Crippen molar-refractivity contribution in [3.63, 3.8) is 0 Å². The number of nitriles is 1. The monoisotopic (exact) mass is 117 g/mol.